The highest BCUT2D eigenvalue weighted by molar-refractivity contribution is 6.02. The molecule has 0 spiro atoms. The number of carboxylic acid groups (broad SMARTS) is 1. The second-order valence-corrected chi connectivity index (χ2v) is 6.47. The van der Waals surface area contributed by atoms with Crippen molar-refractivity contribution in [3.05, 3.63) is 69.6 Å². The molecule has 0 saturated carbocycles. The minimum atomic E-state index is -1.58. The first-order valence-electron chi connectivity index (χ1n) is 8.65. The highest BCUT2D eigenvalue weighted by Crippen LogP contribution is 2.15. The van der Waals surface area contributed by atoms with Crippen LogP contribution in [0.4, 0.5) is 10.5 Å². The standard InChI is InChI=1S/C20H18N4O5/c1-11-7-8-15(12(2)9-11)21-20(29)22-16(25)10-24-18(26)14-6-4-3-5-13(14)17(23-24)19(27)28/h3-9H,10H2,1-2H3,(H,27,28)(H2,21,22,25,29)/p-1. The zero-order valence-electron chi connectivity index (χ0n) is 15.7. The third kappa shape index (κ3) is 4.29. The van der Waals surface area contributed by atoms with Crippen LogP contribution in [0.25, 0.3) is 10.8 Å². The van der Waals surface area contributed by atoms with E-state index < -0.39 is 35.7 Å². The second-order valence-electron chi connectivity index (χ2n) is 6.47. The number of hydrogen-bond donors (Lipinski definition) is 2. The lowest BCUT2D eigenvalue weighted by molar-refractivity contribution is -0.255. The van der Waals surface area contributed by atoms with Gasteiger partial charge >= 0.3 is 6.03 Å². The van der Waals surface area contributed by atoms with Crippen LogP contribution in [0.2, 0.25) is 0 Å². The molecular weight excluding hydrogens is 376 g/mol. The van der Waals surface area contributed by atoms with Crippen molar-refractivity contribution in [1.82, 2.24) is 15.1 Å². The third-order valence-electron chi connectivity index (χ3n) is 4.24. The molecule has 0 bridgehead atoms. The number of nitrogens with one attached hydrogen (secondary N) is 2. The SMILES string of the molecule is Cc1ccc(NC(=O)NC(=O)Cn2nc(C(=O)[O-])c3ccccc3c2=O)c(C)c1. The zero-order valence-corrected chi connectivity index (χ0v) is 15.7. The Morgan fingerprint density at radius 1 is 1.07 bits per heavy atom. The first-order chi connectivity index (χ1) is 13.8. The van der Waals surface area contributed by atoms with Crippen LogP contribution < -0.4 is 21.3 Å². The van der Waals surface area contributed by atoms with E-state index in [0.717, 1.165) is 11.1 Å². The summed E-state index contributed by atoms with van der Waals surface area (Å²) < 4.78 is 0.688. The molecule has 3 aromatic rings. The molecule has 9 heteroatoms. The van der Waals surface area contributed by atoms with Crippen molar-refractivity contribution in [2.45, 2.75) is 20.4 Å². The quantitative estimate of drug-likeness (QED) is 0.671. The Balaban J connectivity index is 1.79. The number of carbonyl (C=O) groups is 3. The average Bonchev–Trinajstić information content (AvgIpc) is 2.66. The van der Waals surface area contributed by atoms with Gasteiger partial charge in [-0.3, -0.25) is 14.9 Å². The fourth-order valence-corrected chi connectivity index (χ4v) is 2.90. The van der Waals surface area contributed by atoms with Crippen molar-refractivity contribution < 1.29 is 19.5 Å². The van der Waals surface area contributed by atoms with E-state index in [2.05, 4.69) is 15.7 Å². The van der Waals surface area contributed by atoms with Gasteiger partial charge in [0, 0.05) is 11.1 Å². The molecule has 0 atom stereocenters. The zero-order chi connectivity index (χ0) is 21.1. The summed E-state index contributed by atoms with van der Waals surface area (Å²) in [6.45, 7) is 3.09. The molecule has 1 heterocycles. The van der Waals surface area contributed by atoms with Gasteiger partial charge in [0.25, 0.3) is 5.56 Å². The van der Waals surface area contributed by atoms with Gasteiger partial charge in [-0.1, -0.05) is 35.9 Å². The lowest BCUT2D eigenvalue weighted by Crippen LogP contribution is -2.40. The van der Waals surface area contributed by atoms with E-state index >= 15 is 0 Å². The predicted octanol–water partition coefficient (Wildman–Crippen LogP) is 0.725. The van der Waals surface area contributed by atoms with Gasteiger partial charge in [-0.2, -0.15) is 5.10 Å². The van der Waals surface area contributed by atoms with Crippen LogP contribution in [-0.4, -0.2) is 27.7 Å². The van der Waals surface area contributed by atoms with Crippen LogP contribution in [0, 0.1) is 13.8 Å². The summed E-state index contributed by atoms with van der Waals surface area (Å²) in [5, 5.41) is 19.9. The first kappa shape index (κ1) is 19.7. The molecule has 0 fully saturated rings. The normalized spacial score (nSPS) is 10.6. The summed E-state index contributed by atoms with van der Waals surface area (Å²) >= 11 is 0. The van der Waals surface area contributed by atoms with E-state index in [1.807, 2.05) is 26.0 Å². The fourth-order valence-electron chi connectivity index (χ4n) is 2.90. The molecule has 2 aromatic carbocycles. The van der Waals surface area contributed by atoms with Gasteiger partial charge < -0.3 is 15.2 Å². The lowest BCUT2D eigenvalue weighted by atomic mass is 10.1. The van der Waals surface area contributed by atoms with Gasteiger partial charge in [0.2, 0.25) is 5.91 Å². The summed E-state index contributed by atoms with van der Waals surface area (Å²) in [6, 6.07) is 10.6. The Morgan fingerprint density at radius 3 is 2.41 bits per heavy atom. The molecule has 0 aliphatic heterocycles. The fraction of sp³-hybridized carbons (Fsp3) is 0.150. The van der Waals surface area contributed by atoms with E-state index in [-0.39, 0.29) is 10.8 Å². The minimum Gasteiger partial charge on any atom is -0.543 e. The van der Waals surface area contributed by atoms with E-state index in [9.17, 15) is 24.3 Å². The summed E-state index contributed by atoms with van der Waals surface area (Å²) in [5.41, 5.74) is 1.25. The molecule has 9 nitrogen and oxygen atoms in total. The minimum absolute atomic E-state index is 0.0780. The van der Waals surface area contributed by atoms with E-state index in [1.165, 1.54) is 12.1 Å². The van der Waals surface area contributed by atoms with Crippen LogP contribution in [0.5, 0.6) is 0 Å². The summed E-state index contributed by atoms with van der Waals surface area (Å²) in [7, 11) is 0. The van der Waals surface area contributed by atoms with Crippen LogP contribution in [-0.2, 0) is 11.3 Å². The molecular formula is C20H17N4O5-. The highest BCUT2D eigenvalue weighted by atomic mass is 16.4. The molecule has 0 saturated heterocycles. The Labute approximate surface area is 165 Å². The molecule has 0 aliphatic carbocycles. The van der Waals surface area contributed by atoms with E-state index in [1.54, 1.807) is 18.2 Å². The highest BCUT2D eigenvalue weighted by Gasteiger charge is 2.15. The largest absolute Gasteiger partial charge is 0.543 e. The molecule has 0 unspecified atom stereocenters. The van der Waals surface area contributed by atoms with Crippen molar-refractivity contribution in [1.29, 1.82) is 0 Å². The number of carbonyl (C=O) groups excluding carboxylic acids is 3. The van der Waals surface area contributed by atoms with Crippen LogP contribution in [0.15, 0.2) is 47.3 Å². The topological polar surface area (TPSA) is 133 Å². The number of carboxylic acids is 1. The summed E-state index contributed by atoms with van der Waals surface area (Å²) in [6.07, 6.45) is 0. The number of fused-ring (bicyclic) bond motifs is 1. The number of amides is 3. The van der Waals surface area contributed by atoms with Crippen molar-refractivity contribution in [3.63, 3.8) is 0 Å². The van der Waals surface area contributed by atoms with E-state index in [4.69, 9.17) is 0 Å². The number of anilines is 1. The molecule has 1 aromatic heterocycles. The molecule has 0 aliphatic rings. The number of rotatable bonds is 4. The molecule has 29 heavy (non-hydrogen) atoms. The van der Waals surface area contributed by atoms with Crippen LogP contribution >= 0.6 is 0 Å². The Morgan fingerprint density at radius 2 is 1.76 bits per heavy atom. The van der Waals surface area contributed by atoms with Gasteiger partial charge in [0.1, 0.15) is 12.2 Å². The smallest absolute Gasteiger partial charge is 0.325 e. The number of aromatic carboxylic acids is 1. The van der Waals surface area contributed by atoms with Crippen LogP contribution in [0.3, 0.4) is 0 Å². The maximum absolute atomic E-state index is 12.5. The van der Waals surface area contributed by atoms with Gasteiger partial charge in [0.05, 0.1) is 11.4 Å². The first-order valence-corrected chi connectivity index (χ1v) is 8.65. The number of urea groups is 1. The van der Waals surface area contributed by atoms with E-state index in [0.29, 0.717) is 10.4 Å². The molecule has 2 N–H and O–H groups in total. The van der Waals surface area contributed by atoms with Gasteiger partial charge in [-0.15, -0.1) is 0 Å². The number of aromatic nitrogens is 2. The van der Waals surface area contributed by atoms with Gasteiger partial charge in [-0.05, 0) is 31.5 Å². The predicted molar refractivity (Wildman–Crippen MR) is 103 cm³/mol. The Bertz CT molecular complexity index is 1200. The van der Waals surface area contributed by atoms with Gasteiger partial charge in [0.15, 0.2) is 0 Å². The average molecular weight is 393 g/mol. The summed E-state index contributed by atoms with van der Waals surface area (Å²) in [5.74, 6) is -2.41. The number of nitrogens with zero attached hydrogens (tertiary/aromatic N) is 2. The Hall–Kier alpha value is -4.01. The van der Waals surface area contributed by atoms with Crippen molar-refractivity contribution in [2.75, 3.05) is 5.32 Å². The molecule has 148 valence electrons. The maximum Gasteiger partial charge on any atom is 0.325 e. The lowest BCUT2D eigenvalue weighted by Gasteiger charge is -2.12. The van der Waals surface area contributed by atoms with Crippen molar-refractivity contribution in [3.8, 4) is 0 Å². The molecule has 3 rings (SSSR count). The number of aryl methyl sites for hydroxylation is 2. The number of imide groups is 1. The Kier molecular flexibility index (Phi) is 5.40. The third-order valence-corrected chi connectivity index (χ3v) is 4.24. The van der Waals surface area contributed by atoms with Crippen molar-refractivity contribution in [2.24, 2.45) is 0 Å². The monoisotopic (exact) mass is 393 g/mol. The summed E-state index contributed by atoms with van der Waals surface area (Å²) in [4.78, 5) is 48.1. The number of benzene rings is 2. The molecule has 0 radical (unpaired) electrons. The van der Waals surface area contributed by atoms with Gasteiger partial charge in [-0.25, -0.2) is 9.48 Å². The second kappa shape index (κ2) is 7.93. The van der Waals surface area contributed by atoms with Crippen LogP contribution in [0.1, 0.15) is 21.6 Å². The van der Waals surface area contributed by atoms with Crippen molar-refractivity contribution >= 4 is 34.4 Å². The maximum atomic E-state index is 12.5. The molecule has 3 amide bonds. The number of hydrogen-bond acceptors (Lipinski definition) is 6.